The molecule has 0 aliphatic heterocycles. The highest BCUT2D eigenvalue weighted by Gasteiger charge is 2.17. The Labute approximate surface area is 123 Å². The highest BCUT2D eigenvalue weighted by atomic mass is 32.2. The van der Waals surface area contributed by atoms with Gasteiger partial charge in [0.1, 0.15) is 5.82 Å². The SMILES string of the molecule is O=C(O)c1ccc(SCc2cccc(F)c2)c([N+](=O)[O-])c1. The van der Waals surface area contributed by atoms with Crippen molar-refractivity contribution >= 4 is 23.4 Å². The van der Waals surface area contributed by atoms with Crippen molar-refractivity contribution in [3.63, 3.8) is 0 Å². The zero-order chi connectivity index (χ0) is 15.4. The van der Waals surface area contributed by atoms with Crippen LogP contribution < -0.4 is 0 Å². The van der Waals surface area contributed by atoms with Crippen LogP contribution in [0, 0.1) is 15.9 Å². The first-order chi connectivity index (χ1) is 9.97. The monoisotopic (exact) mass is 307 g/mol. The number of halogens is 1. The molecule has 2 rings (SSSR count). The van der Waals surface area contributed by atoms with Gasteiger partial charge in [0, 0.05) is 11.8 Å². The van der Waals surface area contributed by atoms with Gasteiger partial charge in [-0.15, -0.1) is 11.8 Å². The van der Waals surface area contributed by atoms with E-state index in [9.17, 15) is 19.3 Å². The molecule has 108 valence electrons. The summed E-state index contributed by atoms with van der Waals surface area (Å²) in [6.07, 6.45) is 0. The predicted molar refractivity (Wildman–Crippen MR) is 76.0 cm³/mol. The summed E-state index contributed by atoms with van der Waals surface area (Å²) in [6, 6.07) is 9.68. The minimum Gasteiger partial charge on any atom is -0.478 e. The van der Waals surface area contributed by atoms with Gasteiger partial charge in [0.05, 0.1) is 15.4 Å². The fraction of sp³-hybridized carbons (Fsp3) is 0.0714. The summed E-state index contributed by atoms with van der Waals surface area (Å²) >= 11 is 1.16. The third kappa shape index (κ3) is 3.79. The molecule has 0 aromatic heterocycles. The lowest BCUT2D eigenvalue weighted by atomic mass is 10.2. The van der Waals surface area contributed by atoms with Gasteiger partial charge in [-0.1, -0.05) is 12.1 Å². The molecule has 0 saturated heterocycles. The molecule has 0 bridgehead atoms. The van der Waals surface area contributed by atoms with Crippen LogP contribution in [0.3, 0.4) is 0 Å². The summed E-state index contributed by atoms with van der Waals surface area (Å²) in [6.45, 7) is 0. The Balaban J connectivity index is 2.23. The van der Waals surface area contributed by atoms with E-state index < -0.39 is 10.9 Å². The zero-order valence-electron chi connectivity index (χ0n) is 10.7. The van der Waals surface area contributed by atoms with Gasteiger partial charge in [0.25, 0.3) is 5.69 Å². The molecule has 2 aromatic carbocycles. The number of hydrogen-bond donors (Lipinski definition) is 1. The maximum absolute atomic E-state index is 13.1. The van der Waals surface area contributed by atoms with E-state index >= 15 is 0 Å². The lowest BCUT2D eigenvalue weighted by Gasteiger charge is -2.04. The number of nitro groups is 1. The highest BCUT2D eigenvalue weighted by molar-refractivity contribution is 7.98. The fourth-order valence-corrected chi connectivity index (χ4v) is 2.65. The van der Waals surface area contributed by atoms with Crippen LogP contribution in [0.4, 0.5) is 10.1 Å². The molecule has 2 aromatic rings. The van der Waals surface area contributed by atoms with Crippen LogP contribution in [0.25, 0.3) is 0 Å². The molecule has 0 aliphatic rings. The van der Waals surface area contributed by atoms with E-state index in [-0.39, 0.29) is 17.1 Å². The Morgan fingerprint density at radius 2 is 2.05 bits per heavy atom. The van der Waals surface area contributed by atoms with Crippen LogP contribution in [0.2, 0.25) is 0 Å². The van der Waals surface area contributed by atoms with E-state index in [1.807, 2.05) is 0 Å². The molecule has 0 saturated carbocycles. The van der Waals surface area contributed by atoms with Gasteiger partial charge in [-0.05, 0) is 29.8 Å². The minimum absolute atomic E-state index is 0.142. The second-order valence-electron chi connectivity index (χ2n) is 4.16. The topological polar surface area (TPSA) is 80.4 Å². The highest BCUT2D eigenvalue weighted by Crippen LogP contribution is 2.32. The van der Waals surface area contributed by atoms with Gasteiger partial charge in [-0.2, -0.15) is 0 Å². The van der Waals surface area contributed by atoms with Gasteiger partial charge in [0.15, 0.2) is 0 Å². The van der Waals surface area contributed by atoms with Crippen molar-refractivity contribution in [3.8, 4) is 0 Å². The van der Waals surface area contributed by atoms with E-state index in [4.69, 9.17) is 5.11 Å². The molecule has 0 spiro atoms. The molecule has 0 heterocycles. The number of benzene rings is 2. The van der Waals surface area contributed by atoms with Gasteiger partial charge in [-0.25, -0.2) is 9.18 Å². The number of thioether (sulfide) groups is 1. The summed E-state index contributed by atoms with van der Waals surface area (Å²) in [5, 5.41) is 19.9. The first-order valence-electron chi connectivity index (χ1n) is 5.86. The van der Waals surface area contributed by atoms with E-state index in [1.54, 1.807) is 12.1 Å². The largest absolute Gasteiger partial charge is 0.478 e. The molecule has 7 heteroatoms. The maximum Gasteiger partial charge on any atom is 0.335 e. The summed E-state index contributed by atoms with van der Waals surface area (Å²) in [5.74, 6) is -1.24. The standard InChI is InChI=1S/C14H10FNO4S/c15-11-3-1-2-9(6-11)8-21-13-5-4-10(14(17)18)7-12(13)16(19)20/h1-7H,8H2,(H,17,18). The maximum atomic E-state index is 13.1. The number of rotatable bonds is 5. The molecule has 0 unspecified atom stereocenters. The molecule has 0 atom stereocenters. The molecule has 0 fully saturated rings. The smallest absolute Gasteiger partial charge is 0.335 e. The molecule has 1 N–H and O–H groups in total. The molecule has 21 heavy (non-hydrogen) atoms. The van der Waals surface area contributed by atoms with E-state index in [0.29, 0.717) is 16.2 Å². The number of carboxylic acids is 1. The zero-order valence-corrected chi connectivity index (χ0v) is 11.5. The van der Waals surface area contributed by atoms with Gasteiger partial charge < -0.3 is 5.11 Å². The van der Waals surface area contributed by atoms with Crippen LogP contribution >= 0.6 is 11.8 Å². The van der Waals surface area contributed by atoms with Crippen LogP contribution in [0.15, 0.2) is 47.4 Å². The van der Waals surface area contributed by atoms with Crippen molar-refractivity contribution < 1.29 is 19.2 Å². The third-order valence-corrected chi connectivity index (χ3v) is 3.82. The van der Waals surface area contributed by atoms with Crippen LogP contribution in [-0.2, 0) is 5.75 Å². The number of carbonyl (C=O) groups is 1. The van der Waals surface area contributed by atoms with E-state index in [0.717, 1.165) is 17.8 Å². The number of nitro benzene ring substituents is 1. The average Bonchev–Trinajstić information content (AvgIpc) is 2.44. The molecular formula is C14H10FNO4S. The second-order valence-corrected chi connectivity index (χ2v) is 5.18. The van der Waals surface area contributed by atoms with E-state index in [1.165, 1.54) is 24.3 Å². The summed E-state index contributed by atoms with van der Waals surface area (Å²) in [7, 11) is 0. The van der Waals surface area contributed by atoms with E-state index in [2.05, 4.69) is 0 Å². The van der Waals surface area contributed by atoms with Crippen molar-refractivity contribution in [1.29, 1.82) is 0 Å². The molecule has 0 aliphatic carbocycles. The fourth-order valence-electron chi connectivity index (χ4n) is 1.70. The van der Waals surface area contributed by atoms with Crippen molar-refractivity contribution in [1.82, 2.24) is 0 Å². The van der Waals surface area contributed by atoms with Crippen molar-refractivity contribution in [2.45, 2.75) is 10.6 Å². The molecule has 0 amide bonds. The minimum atomic E-state index is -1.22. The van der Waals surface area contributed by atoms with Gasteiger partial charge in [0.2, 0.25) is 0 Å². The average molecular weight is 307 g/mol. The normalized spacial score (nSPS) is 10.3. The Morgan fingerprint density at radius 1 is 1.29 bits per heavy atom. The van der Waals surface area contributed by atoms with Crippen LogP contribution in [0.5, 0.6) is 0 Å². The van der Waals surface area contributed by atoms with Crippen molar-refractivity contribution in [2.75, 3.05) is 0 Å². The Bertz CT molecular complexity index is 705. The van der Waals surface area contributed by atoms with Crippen molar-refractivity contribution in [3.05, 3.63) is 69.5 Å². The molecule has 5 nitrogen and oxygen atoms in total. The van der Waals surface area contributed by atoms with Crippen molar-refractivity contribution in [2.24, 2.45) is 0 Å². The van der Waals surface area contributed by atoms with Gasteiger partial charge in [-0.3, -0.25) is 10.1 Å². The number of nitrogens with zero attached hydrogens (tertiary/aromatic N) is 1. The summed E-state index contributed by atoms with van der Waals surface area (Å²) < 4.78 is 13.1. The van der Waals surface area contributed by atoms with Crippen LogP contribution in [-0.4, -0.2) is 16.0 Å². The Kier molecular flexibility index (Phi) is 4.54. The Morgan fingerprint density at radius 3 is 2.67 bits per heavy atom. The summed E-state index contributed by atoms with van der Waals surface area (Å²) in [5.41, 5.74) is 0.282. The number of aromatic carboxylic acids is 1. The Hall–Kier alpha value is -2.41. The summed E-state index contributed by atoms with van der Waals surface area (Å²) in [4.78, 5) is 21.6. The lowest BCUT2D eigenvalue weighted by Crippen LogP contribution is -1.99. The molecule has 0 radical (unpaired) electrons. The lowest BCUT2D eigenvalue weighted by molar-refractivity contribution is -0.387. The number of carboxylic acid groups (broad SMARTS) is 1. The molecular weight excluding hydrogens is 297 g/mol. The first kappa shape index (κ1) is 15.0. The second kappa shape index (κ2) is 6.36. The van der Waals surface area contributed by atoms with Crippen LogP contribution in [0.1, 0.15) is 15.9 Å². The third-order valence-electron chi connectivity index (χ3n) is 2.69. The first-order valence-corrected chi connectivity index (χ1v) is 6.85. The quantitative estimate of drug-likeness (QED) is 0.517. The van der Waals surface area contributed by atoms with Gasteiger partial charge >= 0.3 is 5.97 Å². The number of hydrogen-bond acceptors (Lipinski definition) is 4. The predicted octanol–water partition coefficient (Wildman–Crippen LogP) is 3.72.